The Morgan fingerprint density at radius 1 is 1.17 bits per heavy atom. The number of amides is 1. The van der Waals surface area contributed by atoms with Gasteiger partial charge < -0.3 is 19.3 Å². The van der Waals surface area contributed by atoms with Gasteiger partial charge in [-0.25, -0.2) is 18.4 Å². The van der Waals surface area contributed by atoms with E-state index in [4.69, 9.17) is 19.3 Å². The van der Waals surface area contributed by atoms with E-state index in [-0.39, 0.29) is 31.4 Å². The van der Waals surface area contributed by atoms with E-state index in [2.05, 4.69) is 11.9 Å². The van der Waals surface area contributed by atoms with E-state index < -0.39 is 29.8 Å². The molecule has 2 atom stereocenters. The molecule has 0 aromatic heterocycles. The quantitative estimate of drug-likeness (QED) is 0.225. The van der Waals surface area contributed by atoms with Gasteiger partial charge in [0, 0.05) is 12.1 Å². The molecule has 0 fully saturated rings. The zero-order valence-electron chi connectivity index (χ0n) is 19.4. The monoisotopic (exact) mass is 489 g/mol. The van der Waals surface area contributed by atoms with E-state index in [0.717, 1.165) is 12.1 Å². The van der Waals surface area contributed by atoms with Crippen LogP contribution < -0.4 is 10.1 Å². The summed E-state index contributed by atoms with van der Waals surface area (Å²) in [7, 11) is 0. The number of carbonyl (C=O) groups excluding carboxylic acids is 2. The van der Waals surface area contributed by atoms with Crippen molar-refractivity contribution in [2.45, 2.75) is 25.9 Å². The van der Waals surface area contributed by atoms with Crippen molar-refractivity contribution in [3.8, 4) is 5.75 Å². The molecule has 7 nitrogen and oxygen atoms in total. The minimum absolute atomic E-state index is 0.122. The van der Waals surface area contributed by atoms with Crippen molar-refractivity contribution in [1.82, 2.24) is 0 Å². The van der Waals surface area contributed by atoms with Crippen molar-refractivity contribution in [2.24, 2.45) is 5.92 Å². The maximum Gasteiger partial charge on any atom is 0.412 e. The van der Waals surface area contributed by atoms with Crippen molar-refractivity contribution in [2.75, 3.05) is 25.1 Å². The average molecular weight is 490 g/mol. The van der Waals surface area contributed by atoms with Crippen LogP contribution in [0.3, 0.4) is 0 Å². The molecule has 2 rings (SSSR count). The Bertz CT molecular complexity index is 1010. The molecule has 1 amide bonds. The van der Waals surface area contributed by atoms with Crippen LogP contribution in [0.5, 0.6) is 5.75 Å². The lowest BCUT2D eigenvalue weighted by atomic mass is 9.93. The van der Waals surface area contributed by atoms with E-state index in [1.165, 1.54) is 12.2 Å². The highest BCUT2D eigenvalue weighted by atomic mass is 19.1. The van der Waals surface area contributed by atoms with Gasteiger partial charge in [0.25, 0.3) is 0 Å². The zero-order valence-corrected chi connectivity index (χ0v) is 19.4. The van der Waals surface area contributed by atoms with Crippen LogP contribution >= 0.6 is 0 Å². The van der Waals surface area contributed by atoms with Crippen molar-refractivity contribution in [3.63, 3.8) is 0 Å². The normalized spacial score (nSPS) is 12.6. The van der Waals surface area contributed by atoms with Gasteiger partial charge in [-0.15, -0.1) is 0 Å². The van der Waals surface area contributed by atoms with Crippen molar-refractivity contribution in [3.05, 3.63) is 84.5 Å². The molecule has 2 aromatic rings. The SMILES string of the molecule is C=CCOC(=O)/C=C/CC[C@H](C)[C@@H](OC(=O)Nc1ccc(F)cc1F)c1ccc(OCCO)cc1. The summed E-state index contributed by atoms with van der Waals surface area (Å²) in [5, 5.41) is 11.2. The highest BCUT2D eigenvalue weighted by Crippen LogP contribution is 2.31. The minimum atomic E-state index is -0.926. The van der Waals surface area contributed by atoms with Crippen LogP contribution in [-0.2, 0) is 14.3 Å². The second-order valence-corrected chi connectivity index (χ2v) is 7.59. The molecule has 0 aliphatic rings. The van der Waals surface area contributed by atoms with Gasteiger partial charge in [0.05, 0.1) is 12.3 Å². The summed E-state index contributed by atoms with van der Waals surface area (Å²) in [6, 6.07) is 9.60. The molecule has 0 saturated heterocycles. The zero-order chi connectivity index (χ0) is 25.6. The molecule has 2 N–H and O–H groups in total. The van der Waals surface area contributed by atoms with E-state index in [9.17, 15) is 18.4 Å². The number of anilines is 1. The molecule has 188 valence electrons. The van der Waals surface area contributed by atoms with Crippen LogP contribution in [0.4, 0.5) is 19.3 Å². The number of halogens is 2. The molecule has 0 spiro atoms. The molecule has 9 heteroatoms. The summed E-state index contributed by atoms with van der Waals surface area (Å²) in [5.41, 5.74) is 0.453. The molecule has 0 aliphatic carbocycles. The first-order valence-corrected chi connectivity index (χ1v) is 11.0. The van der Waals surface area contributed by atoms with E-state index in [0.29, 0.717) is 30.2 Å². The Labute approximate surface area is 203 Å². The van der Waals surface area contributed by atoms with Crippen LogP contribution in [0.15, 0.2) is 67.3 Å². The maximum atomic E-state index is 13.9. The Morgan fingerprint density at radius 3 is 2.57 bits per heavy atom. The topological polar surface area (TPSA) is 94.1 Å². The fourth-order valence-corrected chi connectivity index (χ4v) is 3.15. The van der Waals surface area contributed by atoms with Gasteiger partial charge in [0.1, 0.15) is 36.7 Å². The number of esters is 1. The van der Waals surface area contributed by atoms with Crippen LogP contribution in [0.25, 0.3) is 0 Å². The van der Waals surface area contributed by atoms with Crippen LogP contribution in [0.2, 0.25) is 0 Å². The number of rotatable bonds is 13. The predicted octanol–water partition coefficient (Wildman–Crippen LogP) is 5.33. The van der Waals surface area contributed by atoms with Gasteiger partial charge in [-0.3, -0.25) is 5.32 Å². The lowest BCUT2D eigenvalue weighted by molar-refractivity contribution is -0.136. The number of hydrogen-bond acceptors (Lipinski definition) is 6. The molecular weight excluding hydrogens is 460 g/mol. The van der Waals surface area contributed by atoms with Gasteiger partial charge >= 0.3 is 12.1 Å². The second kappa shape index (κ2) is 14.5. The summed E-state index contributed by atoms with van der Waals surface area (Å²) in [6.07, 6.45) is 3.90. The van der Waals surface area contributed by atoms with Gasteiger partial charge in [-0.1, -0.05) is 37.8 Å². The lowest BCUT2D eigenvalue weighted by Gasteiger charge is -2.25. The van der Waals surface area contributed by atoms with Gasteiger partial charge in [0.2, 0.25) is 0 Å². The minimum Gasteiger partial charge on any atom is -0.491 e. The van der Waals surface area contributed by atoms with Crippen LogP contribution in [0.1, 0.15) is 31.4 Å². The first-order chi connectivity index (χ1) is 16.8. The fourth-order valence-electron chi connectivity index (χ4n) is 3.15. The molecular formula is C26H29F2NO6. The number of aliphatic hydroxyl groups excluding tert-OH is 1. The Hall–Kier alpha value is -3.72. The Morgan fingerprint density at radius 2 is 1.91 bits per heavy atom. The number of carbonyl (C=O) groups is 2. The number of allylic oxidation sites excluding steroid dienone is 1. The smallest absolute Gasteiger partial charge is 0.412 e. The first kappa shape index (κ1) is 27.5. The number of benzene rings is 2. The lowest BCUT2D eigenvalue weighted by Crippen LogP contribution is -2.22. The first-order valence-electron chi connectivity index (χ1n) is 11.0. The number of hydrogen-bond donors (Lipinski definition) is 2. The summed E-state index contributed by atoms with van der Waals surface area (Å²) in [4.78, 5) is 24.1. The fraction of sp³-hybridized carbons (Fsp3) is 0.308. The Balaban J connectivity index is 2.10. The molecule has 0 bridgehead atoms. The van der Waals surface area contributed by atoms with Crippen molar-refractivity contribution in [1.29, 1.82) is 0 Å². The predicted molar refractivity (Wildman–Crippen MR) is 127 cm³/mol. The van der Waals surface area contributed by atoms with E-state index >= 15 is 0 Å². The highest BCUT2D eigenvalue weighted by Gasteiger charge is 2.24. The number of ether oxygens (including phenoxy) is 3. The highest BCUT2D eigenvalue weighted by molar-refractivity contribution is 5.85. The molecule has 35 heavy (non-hydrogen) atoms. The number of nitrogens with one attached hydrogen (secondary N) is 1. The number of aliphatic hydroxyl groups is 1. The third-order valence-corrected chi connectivity index (χ3v) is 4.87. The summed E-state index contributed by atoms with van der Waals surface area (Å²) in [6.45, 7) is 5.48. The third kappa shape index (κ3) is 9.58. The summed E-state index contributed by atoms with van der Waals surface area (Å²) in [5.74, 6) is -1.84. The standard InChI is InChI=1S/C26H29F2NO6/c1-3-15-34-24(31)7-5-4-6-18(2)25(19-8-11-21(12-9-19)33-16-14-30)35-26(32)29-23-13-10-20(27)17-22(23)28/h3,5,7-13,17-18,25,30H,1,4,6,14-16H2,2H3,(H,29,32)/b7-5+/t18-,25+/m0/s1. The Kier molecular flexibility index (Phi) is 11.4. The molecule has 0 heterocycles. The summed E-state index contributed by atoms with van der Waals surface area (Å²) >= 11 is 0. The average Bonchev–Trinajstić information content (AvgIpc) is 2.84. The van der Waals surface area contributed by atoms with Gasteiger partial charge in [-0.05, 0) is 48.6 Å². The van der Waals surface area contributed by atoms with Crippen molar-refractivity contribution >= 4 is 17.7 Å². The van der Waals surface area contributed by atoms with E-state index in [1.807, 2.05) is 6.92 Å². The van der Waals surface area contributed by atoms with Gasteiger partial charge in [-0.2, -0.15) is 0 Å². The third-order valence-electron chi connectivity index (χ3n) is 4.87. The molecule has 0 saturated carbocycles. The summed E-state index contributed by atoms with van der Waals surface area (Å²) < 4.78 is 42.9. The molecule has 0 radical (unpaired) electrons. The van der Waals surface area contributed by atoms with Crippen LogP contribution in [-0.4, -0.2) is 37.0 Å². The van der Waals surface area contributed by atoms with E-state index in [1.54, 1.807) is 30.3 Å². The van der Waals surface area contributed by atoms with Crippen molar-refractivity contribution < 1.29 is 37.7 Å². The van der Waals surface area contributed by atoms with Crippen LogP contribution in [0, 0.1) is 17.6 Å². The van der Waals surface area contributed by atoms with Gasteiger partial charge in [0.15, 0.2) is 0 Å². The largest absolute Gasteiger partial charge is 0.491 e. The second-order valence-electron chi connectivity index (χ2n) is 7.59. The molecule has 2 aromatic carbocycles. The molecule has 0 unspecified atom stereocenters. The molecule has 0 aliphatic heterocycles. The maximum absolute atomic E-state index is 13.9.